The lowest BCUT2D eigenvalue weighted by molar-refractivity contribution is 0.174. The molecule has 0 amide bonds. The van der Waals surface area contributed by atoms with Crippen LogP contribution in [0.1, 0.15) is 17.5 Å². The minimum absolute atomic E-state index is 0.299. The second-order valence-electron chi connectivity index (χ2n) is 5.81. The SMILES string of the molecule is C=CCC(Cc1ccc2c(c1)OCO2)NCc1ccccc1OC. The quantitative estimate of drug-likeness (QED) is 0.751. The van der Waals surface area contributed by atoms with E-state index in [9.17, 15) is 0 Å². The predicted molar refractivity (Wildman–Crippen MR) is 94.7 cm³/mol. The highest BCUT2D eigenvalue weighted by Gasteiger charge is 2.15. The molecular weight excluding hydrogens is 302 g/mol. The Kier molecular flexibility index (Phi) is 5.39. The third kappa shape index (κ3) is 3.89. The number of hydrogen-bond donors (Lipinski definition) is 1. The van der Waals surface area contributed by atoms with Crippen LogP contribution in [0, 0.1) is 0 Å². The molecule has 1 atom stereocenters. The lowest BCUT2D eigenvalue weighted by atomic mass is 10.0. The normalized spacial score (nSPS) is 13.5. The molecule has 1 aliphatic rings. The monoisotopic (exact) mass is 325 g/mol. The Morgan fingerprint density at radius 3 is 2.88 bits per heavy atom. The molecule has 0 radical (unpaired) electrons. The molecule has 1 unspecified atom stereocenters. The van der Waals surface area contributed by atoms with Crippen molar-refractivity contribution in [3.63, 3.8) is 0 Å². The number of methoxy groups -OCH3 is 1. The van der Waals surface area contributed by atoms with E-state index in [0.29, 0.717) is 12.8 Å². The Morgan fingerprint density at radius 1 is 1.21 bits per heavy atom. The highest BCUT2D eigenvalue weighted by molar-refractivity contribution is 5.44. The van der Waals surface area contributed by atoms with Gasteiger partial charge in [0.05, 0.1) is 7.11 Å². The van der Waals surface area contributed by atoms with Crippen molar-refractivity contribution < 1.29 is 14.2 Å². The summed E-state index contributed by atoms with van der Waals surface area (Å²) in [6.07, 6.45) is 3.74. The zero-order valence-corrected chi connectivity index (χ0v) is 14.0. The molecule has 4 heteroatoms. The van der Waals surface area contributed by atoms with Crippen molar-refractivity contribution in [3.05, 3.63) is 66.2 Å². The van der Waals surface area contributed by atoms with Crippen molar-refractivity contribution in [2.24, 2.45) is 0 Å². The Labute approximate surface area is 143 Å². The third-order valence-corrected chi connectivity index (χ3v) is 4.14. The largest absolute Gasteiger partial charge is 0.496 e. The molecule has 24 heavy (non-hydrogen) atoms. The van der Waals surface area contributed by atoms with Crippen molar-refractivity contribution in [1.29, 1.82) is 0 Å². The van der Waals surface area contributed by atoms with E-state index in [4.69, 9.17) is 14.2 Å². The number of para-hydroxylation sites is 1. The summed E-state index contributed by atoms with van der Waals surface area (Å²) in [6.45, 7) is 4.94. The van der Waals surface area contributed by atoms with Crippen molar-refractivity contribution in [2.45, 2.75) is 25.4 Å². The average Bonchev–Trinajstić information content (AvgIpc) is 3.08. The fourth-order valence-corrected chi connectivity index (χ4v) is 2.90. The van der Waals surface area contributed by atoms with Crippen LogP contribution in [0.3, 0.4) is 0 Å². The number of ether oxygens (including phenoxy) is 3. The maximum Gasteiger partial charge on any atom is 0.231 e. The minimum atomic E-state index is 0.299. The van der Waals surface area contributed by atoms with Crippen molar-refractivity contribution in [1.82, 2.24) is 5.32 Å². The van der Waals surface area contributed by atoms with Crippen LogP contribution in [0.2, 0.25) is 0 Å². The molecule has 0 saturated carbocycles. The van der Waals surface area contributed by atoms with Gasteiger partial charge in [-0.1, -0.05) is 30.3 Å². The van der Waals surface area contributed by atoms with Gasteiger partial charge in [0.25, 0.3) is 0 Å². The number of benzene rings is 2. The van der Waals surface area contributed by atoms with Crippen LogP contribution in [0.5, 0.6) is 17.2 Å². The van der Waals surface area contributed by atoms with Gasteiger partial charge < -0.3 is 19.5 Å². The second-order valence-corrected chi connectivity index (χ2v) is 5.81. The van der Waals surface area contributed by atoms with Crippen LogP contribution in [0.15, 0.2) is 55.1 Å². The van der Waals surface area contributed by atoms with E-state index in [1.807, 2.05) is 30.3 Å². The summed E-state index contributed by atoms with van der Waals surface area (Å²) < 4.78 is 16.2. The van der Waals surface area contributed by atoms with Crippen molar-refractivity contribution >= 4 is 0 Å². The third-order valence-electron chi connectivity index (χ3n) is 4.14. The molecule has 2 aromatic rings. The van der Waals surface area contributed by atoms with Gasteiger partial charge in [-0.05, 0) is 36.6 Å². The van der Waals surface area contributed by atoms with E-state index in [2.05, 4.69) is 30.1 Å². The predicted octanol–water partition coefficient (Wildman–Crippen LogP) is 3.70. The zero-order valence-electron chi connectivity index (χ0n) is 14.0. The van der Waals surface area contributed by atoms with Gasteiger partial charge in [-0.15, -0.1) is 6.58 Å². The summed E-state index contributed by atoms with van der Waals surface area (Å²) in [4.78, 5) is 0. The molecule has 0 bridgehead atoms. The first-order valence-electron chi connectivity index (χ1n) is 8.15. The molecule has 0 aromatic heterocycles. The topological polar surface area (TPSA) is 39.7 Å². The number of rotatable bonds is 8. The molecule has 4 nitrogen and oxygen atoms in total. The number of hydrogen-bond acceptors (Lipinski definition) is 4. The summed E-state index contributed by atoms with van der Waals surface area (Å²) >= 11 is 0. The van der Waals surface area contributed by atoms with E-state index in [0.717, 1.165) is 42.2 Å². The minimum Gasteiger partial charge on any atom is -0.496 e. The molecule has 1 N–H and O–H groups in total. The van der Waals surface area contributed by atoms with Gasteiger partial charge in [0.1, 0.15) is 5.75 Å². The molecule has 0 spiro atoms. The fourth-order valence-electron chi connectivity index (χ4n) is 2.90. The van der Waals surface area contributed by atoms with Gasteiger partial charge in [-0.25, -0.2) is 0 Å². The first-order valence-corrected chi connectivity index (χ1v) is 8.15. The number of nitrogens with one attached hydrogen (secondary N) is 1. The van der Waals surface area contributed by atoms with Crippen LogP contribution in [0.25, 0.3) is 0 Å². The molecule has 2 aromatic carbocycles. The Morgan fingerprint density at radius 2 is 2.04 bits per heavy atom. The fraction of sp³-hybridized carbons (Fsp3) is 0.300. The van der Waals surface area contributed by atoms with Gasteiger partial charge in [0.15, 0.2) is 11.5 Å². The summed E-state index contributed by atoms with van der Waals surface area (Å²) in [7, 11) is 1.70. The van der Waals surface area contributed by atoms with E-state index in [1.165, 1.54) is 5.56 Å². The standard InChI is InChI=1S/C20H23NO3/c1-3-6-17(21-13-16-7-4-5-8-18(16)22-2)11-15-9-10-19-20(12-15)24-14-23-19/h3-5,7-10,12,17,21H,1,6,11,13-14H2,2H3. The van der Waals surface area contributed by atoms with Crippen LogP contribution < -0.4 is 19.5 Å². The van der Waals surface area contributed by atoms with Gasteiger partial charge in [0.2, 0.25) is 6.79 Å². The van der Waals surface area contributed by atoms with Gasteiger partial charge in [-0.2, -0.15) is 0 Å². The Balaban J connectivity index is 1.65. The molecular formula is C20H23NO3. The average molecular weight is 325 g/mol. The van der Waals surface area contributed by atoms with E-state index in [1.54, 1.807) is 7.11 Å². The summed E-state index contributed by atoms with van der Waals surface area (Å²) in [5.74, 6) is 2.56. The van der Waals surface area contributed by atoms with E-state index >= 15 is 0 Å². The highest BCUT2D eigenvalue weighted by Crippen LogP contribution is 2.33. The van der Waals surface area contributed by atoms with Crippen molar-refractivity contribution in [2.75, 3.05) is 13.9 Å². The lowest BCUT2D eigenvalue weighted by Crippen LogP contribution is -2.30. The summed E-state index contributed by atoms with van der Waals surface area (Å²) in [5.41, 5.74) is 2.37. The smallest absolute Gasteiger partial charge is 0.231 e. The van der Waals surface area contributed by atoms with Gasteiger partial charge >= 0.3 is 0 Å². The maximum absolute atomic E-state index is 5.46. The molecule has 0 fully saturated rings. The van der Waals surface area contributed by atoms with Gasteiger partial charge in [-0.3, -0.25) is 0 Å². The lowest BCUT2D eigenvalue weighted by Gasteiger charge is -2.18. The Bertz CT molecular complexity index is 699. The van der Waals surface area contributed by atoms with Crippen LogP contribution in [-0.4, -0.2) is 19.9 Å². The zero-order chi connectivity index (χ0) is 16.8. The maximum atomic E-state index is 5.46. The van der Waals surface area contributed by atoms with Crippen LogP contribution in [-0.2, 0) is 13.0 Å². The van der Waals surface area contributed by atoms with Crippen LogP contribution in [0.4, 0.5) is 0 Å². The van der Waals surface area contributed by atoms with E-state index in [-0.39, 0.29) is 0 Å². The molecule has 1 heterocycles. The first kappa shape index (κ1) is 16.4. The molecule has 1 aliphatic heterocycles. The van der Waals surface area contributed by atoms with Crippen LogP contribution >= 0.6 is 0 Å². The summed E-state index contributed by atoms with van der Waals surface area (Å²) in [5, 5.41) is 3.60. The molecule has 0 saturated heterocycles. The highest BCUT2D eigenvalue weighted by atomic mass is 16.7. The number of fused-ring (bicyclic) bond motifs is 1. The Hall–Kier alpha value is -2.46. The molecule has 3 rings (SSSR count). The van der Waals surface area contributed by atoms with Crippen molar-refractivity contribution in [3.8, 4) is 17.2 Å². The molecule has 0 aliphatic carbocycles. The van der Waals surface area contributed by atoms with Gasteiger partial charge in [0, 0.05) is 18.2 Å². The van der Waals surface area contributed by atoms with E-state index < -0.39 is 0 Å². The molecule has 126 valence electrons. The summed E-state index contributed by atoms with van der Waals surface area (Å²) in [6, 6.07) is 14.5. The first-order chi connectivity index (χ1) is 11.8. The second kappa shape index (κ2) is 7.88.